The predicted molar refractivity (Wildman–Crippen MR) is 98.0 cm³/mol. The van der Waals surface area contributed by atoms with Crippen molar-refractivity contribution in [3.05, 3.63) is 54.5 Å². The monoisotopic (exact) mass is 347 g/mol. The van der Waals surface area contributed by atoms with Crippen molar-refractivity contribution in [3.63, 3.8) is 0 Å². The van der Waals surface area contributed by atoms with Crippen LogP contribution in [0.25, 0.3) is 22.2 Å². The van der Waals surface area contributed by atoms with Crippen molar-refractivity contribution in [2.24, 2.45) is 7.05 Å². The van der Waals surface area contributed by atoms with Gasteiger partial charge in [-0.3, -0.25) is 4.68 Å². The average molecular weight is 347 g/mol. The molecule has 0 saturated carbocycles. The number of hydrogen-bond donors (Lipinski definition) is 1. The number of aromatic nitrogens is 4. The first kappa shape index (κ1) is 14.8. The largest absolute Gasteiger partial charge is 0.454 e. The maximum Gasteiger partial charge on any atom is 0.231 e. The lowest BCUT2D eigenvalue weighted by Crippen LogP contribution is -2.02. The number of aryl methyl sites for hydroxylation is 1. The van der Waals surface area contributed by atoms with Gasteiger partial charge in [-0.15, -0.1) is 0 Å². The summed E-state index contributed by atoms with van der Waals surface area (Å²) < 4.78 is 14.9. The summed E-state index contributed by atoms with van der Waals surface area (Å²) in [7, 11) is 1.91. The first-order valence-corrected chi connectivity index (χ1v) is 8.30. The summed E-state index contributed by atoms with van der Waals surface area (Å²) in [5.74, 6) is 2.07. The van der Waals surface area contributed by atoms with Gasteiger partial charge in [-0.05, 0) is 23.8 Å². The molecule has 7 nitrogen and oxygen atoms in total. The van der Waals surface area contributed by atoms with Crippen molar-refractivity contribution in [2.75, 3.05) is 12.5 Å². The molecule has 0 saturated heterocycles. The topological polar surface area (TPSA) is 80.1 Å². The van der Waals surface area contributed by atoms with Crippen molar-refractivity contribution >= 4 is 16.7 Å². The molecule has 4 aromatic rings. The summed E-state index contributed by atoms with van der Waals surface area (Å²) in [4.78, 5) is 4.22. The standard InChI is InChI=1S/C19H17N5O2/c1-23-10-14(8-22-23)15-5-13-7-21-19(20)6-16(13)24(15)9-12-2-3-17-18(4-12)26-11-25-17/h2-8,10H,9,11H2,1H3,(H2,20,21). The molecule has 0 bridgehead atoms. The number of nitrogens with two attached hydrogens (primary N) is 1. The Bertz CT molecular complexity index is 1130. The smallest absolute Gasteiger partial charge is 0.231 e. The van der Waals surface area contributed by atoms with Crippen LogP contribution in [0.5, 0.6) is 11.5 Å². The van der Waals surface area contributed by atoms with E-state index in [-0.39, 0.29) is 6.79 Å². The molecule has 3 aromatic heterocycles. The lowest BCUT2D eigenvalue weighted by molar-refractivity contribution is 0.174. The minimum Gasteiger partial charge on any atom is -0.454 e. The van der Waals surface area contributed by atoms with Gasteiger partial charge in [0, 0.05) is 43.0 Å². The fourth-order valence-electron chi connectivity index (χ4n) is 3.36. The third kappa shape index (κ3) is 2.36. The number of benzene rings is 1. The van der Waals surface area contributed by atoms with E-state index in [2.05, 4.69) is 26.8 Å². The lowest BCUT2D eigenvalue weighted by Gasteiger charge is -2.11. The van der Waals surface area contributed by atoms with Crippen molar-refractivity contribution in [3.8, 4) is 22.8 Å². The van der Waals surface area contributed by atoms with Crippen LogP contribution in [0.1, 0.15) is 5.56 Å². The van der Waals surface area contributed by atoms with E-state index in [1.165, 1.54) is 0 Å². The molecule has 1 aliphatic rings. The number of rotatable bonds is 3. The Kier molecular flexibility index (Phi) is 3.15. The Morgan fingerprint density at radius 3 is 2.85 bits per heavy atom. The lowest BCUT2D eigenvalue weighted by atomic mass is 10.2. The molecule has 0 aliphatic carbocycles. The van der Waals surface area contributed by atoms with Gasteiger partial charge in [-0.2, -0.15) is 5.10 Å². The molecule has 1 aliphatic heterocycles. The molecule has 0 fully saturated rings. The summed E-state index contributed by atoms with van der Waals surface area (Å²) in [6.07, 6.45) is 5.67. The van der Waals surface area contributed by atoms with E-state index >= 15 is 0 Å². The van der Waals surface area contributed by atoms with E-state index in [1.807, 2.05) is 37.6 Å². The van der Waals surface area contributed by atoms with Gasteiger partial charge in [0.1, 0.15) is 5.82 Å². The summed E-state index contributed by atoms with van der Waals surface area (Å²) in [5, 5.41) is 5.34. The quantitative estimate of drug-likeness (QED) is 0.616. The van der Waals surface area contributed by atoms with Crippen LogP contribution in [0.15, 0.2) is 48.9 Å². The second kappa shape index (κ2) is 5.52. The number of pyridine rings is 1. The van der Waals surface area contributed by atoms with Crippen LogP contribution in [-0.2, 0) is 13.6 Å². The normalized spacial score (nSPS) is 12.8. The second-order valence-corrected chi connectivity index (χ2v) is 6.37. The number of nitrogens with zero attached hydrogens (tertiary/aromatic N) is 4. The van der Waals surface area contributed by atoms with Crippen LogP contribution in [0, 0.1) is 0 Å². The zero-order valence-electron chi connectivity index (χ0n) is 14.2. The Labute approximate surface area is 149 Å². The maximum absolute atomic E-state index is 5.93. The molecule has 26 heavy (non-hydrogen) atoms. The van der Waals surface area contributed by atoms with Gasteiger partial charge in [0.2, 0.25) is 6.79 Å². The van der Waals surface area contributed by atoms with Crippen molar-refractivity contribution in [1.29, 1.82) is 0 Å². The minimum absolute atomic E-state index is 0.272. The third-order valence-corrected chi connectivity index (χ3v) is 4.59. The highest BCUT2D eigenvalue weighted by molar-refractivity contribution is 5.87. The van der Waals surface area contributed by atoms with Gasteiger partial charge < -0.3 is 19.8 Å². The van der Waals surface area contributed by atoms with Crippen molar-refractivity contribution in [1.82, 2.24) is 19.3 Å². The Balaban J connectivity index is 1.66. The van der Waals surface area contributed by atoms with E-state index < -0.39 is 0 Å². The molecule has 0 amide bonds. The van der Waals surface area contributed by atoms with Crippen LogP contribution in [0.3, 0.4) is 0 Å². The maximum atomic E-state index is 5.93. The fourth-order valence-corrected chi connectivity index (χ4v) is 3.36. The molecule has 0 radical (unpaired) electrons. The van der Waals surface area contributed by atoms with E-state index in [4.69, 9.17) is 15.2 Å². The average Bonchev–Trinajstić information content (AvgIpc) is 3.34. The van der Waals surface area contributed by atoms with Gasteiger partial charge >= 0.3 is 0 Å². The Hall–Kier alpha value is -3.48. The number of nitrogen functional groups attached to an aromatic ring is 1. The molecular formula is C19H17N5O2. The van der Waals surface area contributed by atoms with Crippen molar-refractivity contribution < 1.29 is 9.47 Å². The number of anilines is 1. The highest BCUT2D eigenvalue weighted by Gasteiger charge is 2.16. The highest BCUT2D eigenvalue weighted by atomic mass is 16.7. The van der Waals surface area contributed by atoms with Gasteiger partial charge in [0.25, 0.3) is 0 Å². The number of hydrogen-bond acceptors (Lipinski definition) is 5. The van der Waals surface area contributed by atoms with Crippen LogP contribution in [-0.4, -0.2) is 26.1 Å². The number of fused-ring (bicyclic) bond motifs is 2. The Morgan fingerprint density at radius 2 is 2.00 bits per heavy atom. The van der Waals surface area contributed by atoms with Gasteiger partial charge in [-0.25, -0.2) is 4.98 Å². The first-order chi connectivity index (χ1) is 12.7. The van der Waals surface area contributed by atoms with E-state index in [9.17, 15) is 0 Å². The fraction of sp³-hybridized carbons (Fsp3) is 0.158. The molecule has 0 atom stereocenters. The zero-order chi connectivity index (χ0) is 17.7. The van der Waals surface area contributed by atoms with Crippen LogP contribution < -0.4 is 15.2 Å². The molecule has 1 aromatic carbocycles. The molecule has 0 unspecified atom stereocenters. The molecule has 7 heteroatoms. The first-order valence-electron chi connectivity index (χ1n) is 8.30. The summed E-state index contributed by atoms with van der Waals surface area (Å²) in [6, 6.07) is 10.0. The minimum atomic E-state index is 0.272. The molecule has 0 spiro atoms. The highest BCUT2D eigenvalue weighted by Crippen LogP contribution is 2.34. The molecule has 130 valence electrons. The van der Waals surface area contributed by atoms with Crippen molar-refractivity contribution in [2.45, 2.75) is 6.54 Å². The number of ether oxygens (including phenoxy) is 2. The molecule has 5 rings (SSSR count). The summed E-state index contributed by atoms with van der Waals surface area (Å²) in [5.41, 5.74) is 10.2. The third-order valence-electron chi connectivity index (χ3n) is 4.59. The summed E-state index contributed by atoms with van der Waals surface area (Å²) >= 11 is 0. The van der Waals surface area contributed by atoms with Crippen LogP contribution in [0.4, 0.5) is 5.82 Å². The van der Waals surface area contributed by atoms with Crippen LogP contribution >= 0.6 is 0 Å². The van der Waals surface area contributed by atoms with Crippen LogP contribution in [0.2, 0.25) is 0 Å². The van der Waals surface area contributed by atoms with E-state index in [1.54, 1.807) is 10.9 Å². The van der Waals surface area contributed by atoms with E-state index in [0.717, 1.165) is 39.2 Å². The Morgan fingerprint density at radius 1 is 1.12 bits per heavy atom. The molecular weight excluding hydrogens is 330 g/mol. The van der Waals surface area contributed by atoms with Gasteiger partial charge in [0.15, 0.2) is 11.5 Å². The zero-order valence-corrected chi connectivity index (χ0v) is 14.2. The van der Waals surface area contributed by atoms with E-state index in [0.29, 0.717) is 12.4 Å². The SMILES string of the molecule is Cn1cc(-c2cc3cnc(N)cc3n2Cc2ccc3c(c2)OCO3)cn1. The molecule has 2 N–H and O–H groups in total. The van der Waals surface area contributed by atoms with Gasteiger partial charge in [-0.1, -0.05) is 6.07 Å². The molecule has 4 heterocycles. The van der Waals surface area contributed by atoms with Gasteiger partial charge in [0.05, 0.1) is 17.4 Å². The predicted octanol–water partition coefficient (Wildman–Crippen LogP) is 2.80. The summed E-state index contributed by atoms with van der Waals surface area (Å²) in [6.45, 7) is 0.947. The second-order valence-electron chi connectivity index (χ2n) is 6.37.